The van der Waals surface area contributed by atoms with Crippen molar-refractivity contribution in [1.82, 2.24) is 9.80 Å². The molecule has 2 unspecified atom stereocenters. The maximum atomic E-state index is 2.69. The SMILES string of the molecule is CC1CCN(CC2CN(C)CC2C)CC1. The second-order valence-electron chi connectivity index (χ2n) is 5.94. The van der Waals surface area contributed by atoms with Crippen LogP contribution in [0.15, 0.2) is 0 Å². The normalized spacial score (nSPS) is 36.2. The largest absolute Gasteiger partial charge is 0.306 e. The van der Waals surface area contributed by atoms with Crippen LogP contribution in [0, 0.1) is 17.8 Å². The van der Waals surface area contributed by atoms with Gasteiger partial charge in [-0.05, 0) is 50.7 Å². The van der Waals surface area contributed by atoms with Crippen LogP contribution in [-0.2, 0) is 0 Å². The summed E-state index contributed by atoms with van der Waals surface area (Å²) in [6.45, 7) is 11.5. The predicted molar refractivity (Wildman–Crippen MR) is 65.0 cm³/mol. The molecule has 0 aromatic carbocycles. The first-order valence-corrected chi connectivity index (χ1v) is 6.56. The molecule has 0 spiro atoms. The van der Waals surface area contributed by atoms with E-state index in [9.17, 15) is 0 Å². The highest BCUT2D eigenvalue weighted by Gasteiger charge is 2.29. The topological polar surface area (TPSA) is 6.48 Å². The number of rotatable bonds is 2. The summed E-state index contributed by atoms with van der Waals surface area (Å²) in [5.41, 5.74) is 0. The molecule has 0 saturated carbocycles. The van der Waals surface area contributed by atoms with Crippen LogP contribution in [0.1, 0.15) is 26.7 Å². The van der Waals surface area contributed by atoms with Crippen LogP contribution < -0.4 is 0 Å². The fourth-order valence-corrected chi connectivity index (χ4v) is 3.11. The number of piperidine rings is 1. The molecule has 0 aromatic rings. The second kappa shape index (κ2) is 4.84. The minimum Gasteiger partial charge on any atom is -0.306 e. The molecule has 0 N–H and O–H groups in total. The molecule has 15 heavy (non-hydrogen) atoms. The van der Waals surface area contributed by atoms with Gasteiger partial charge < -0.3 is 9.80 Å². The predicted octanol–water partition coefficient (Wildman–Crippen LogP) is 1.92. The van der Waals surface area contributed by atoms with E-state index >= 15 is 0 Å². The third-order valence-electron chi connectivity index (χ3n) is 4.32. The maximum Gasteiger partial charge on any atom is 0.00249 e. The molecule has 0 amide bonds. The Bertz CT molecular complexity index is 197. The first kappa shape index (κ1) is 11.4. The van der Waals surface area contributed by atoms with Crippen molar-refractivity contribution >= 4 is 0 Å². The standard InChI is InChI=1S/C13H26N2/c1-11-4-6-15(7-5-11)10-13-9-14(3)8-12(13)2/h11-13H,4-10H2,1-3H3. The third-order valence-corrected chi connectivity index (χ3v) is 4.32. The van der Waals surface area contributed by atoms with Crippen molar-refractivity contribution in [1.29, 1.82) is 0 Å². The third kappa shape index (κ3) is 2.94. The molecular weight excluding hydrogens is 184 g/mol. The summed E-state index contributed by atoms with van der Waals surface area (Å²) >= 11 is 0. The van der Waals surface area contributed by atoms with Crippen molar-refractivity contribution in [2.24, 2.45) is 17.8 Å². The first-order chi connectivity index (χ1) is 7.15. The highest BCUT2D eigenvalue weighted by Crippen LogP contribution is 2.24. The van der Waals surface area contributed by atoms with Gasteiger partial charge >= 0.3 is 0 Å². The van der Waals surface area contributed by atoms with E-state index in [1.54, 1.807) is 0 Å². The van der Waals surface area contributed by atoms with Gasteiger partial charge in [-0.15, -0.1) is 0 Å². The van der Waals surface area contributed by atoms with Crippen molar-refractivity contribution in [3.8, 4) is 0 Å². The van der Waals surface area contributed by atoms with Gasteiger partial charge in [0.2, 0.25) is 0 Å². The Morgan fingerprint density at radius 2 is 1.73 bits per heavy atom. The highest BCUT2D eigenvalue weighted by molar-refractivity contribution is 4.83. The fraction of sp³-hybridized carbons (Fsp3) is 1.00. The highest BCUT2D eigenvalue weighted by atomic mass is 15.2. The van der Waals surface area contributed by atoms with Gasteiger partial charge in [-0.1, -0.05) is 13.8 Å². The molecule has 2 saturated heterocycles. The fourth-order valence-electron chi connectivity index (χ4n) is 3.11. The van der Waals surface area contributed by atoms with Crippen LogP contribution in [0.5, 0.6) is 0 Å². The van der Waals surface area contributed by atoms with Crippen molar-refractivity contribution in [2.75, 3.05) is 39.8 Å². The van der Waals surface area contributed by atoms with Gasteiger partial charge in [-0.25, -0.2) is 0 Å². The van der Waals surface area contributed by atoms with Crippen LogP contribution in [0.4, 0.5) is 0 Å². The van der Waals surface area contributed by atoms with Crippen molar-refractivity contribution < 1.29 is 0 Å². The number of likely N-dealkylation sites (tertiary alicyclic amines) is 2. The molecule has 2 heteroatoms. The summed E-state index contributed by atoms with van der Waals surface area (Å²) < 4.78 is 0. The number of hydrogen-bond donors (Lipinski definition) is 0. The smallest absolute Gasteiger partial charge is 0.00249 e. The second-order valence-corrected chi connectivity index (χ2v) is 5.94. The number of hydrogen-bond acceptors (Lipinski definition) is 2. The van der Waals surface area contributed by atoms with Gasteiger partial charge in [0.1, 0.15) is 0 Å². The molecule has 2 rings (SSSR count). The van der Waals surface area contributed by atoms with E-state index in [-0.39, 0.29) is 0 Å². The molecule has 0 aliphatic carbocycles. The van der Waals surface area contributed by atoms with Crippen LogP contribution in [0.25, 0.3) is 0 Å². The summed E-state index contributed by atoms with van der Waals surface area (Å²) in [5.74, 6) is 2.78. The van der Waals surface area contributed by atoms with E-state index in [1.807, 2.05) is 0 Å². The summed E-state index contributed by atoms with van der Waals surface area (Å²) in [4.78, 5) is 5.18. The minimum atomic E-state index is 0.898. The Labute approximate surface area is 94.6 Å². The van der Waals surface area contributed by atoms with Crippen LogP contribution in [0.2, 0.25) is 0 Å². The Hall–Kier alpha value is -0.0800. The molecular formula is C13H26N2. The van der Waals surface area contributed by atoms with Gasteiger partial charge in [0, 0.05) is 19.6 Å². The van der Waals surface area contributed by atoms with Gasteiger partial charge in [0.25, 0.3) is 0 Å². The summed E-state index contributed by atoms with van der Waals surface area (Å²) in [6.07, 6.45) is 2.83. The first-order valence-electron chi connectivity index (χ1n) is 6.56. The van der Waals surface area contributed by atoms with Crippen LogP contribution in [0.3, 0.4) is 0 Å². The van der Waals surface area contributed by atoms with E-state index < -0.39 is 0 Å². The summed E-state index contributed by atoms with van der Waals surface area (Å²) in [5, 5.41) is 0. The van der Waals surface area contributed by atoms with Crippen LogP contribution >= 0.6 is 0 Å². The van der Waals surface area contributed by atoms with E-state index in [0.29, 0.717) is 0 Å². The zero-order chi connectivity index (χ0) is 10.8. The monoisotopic (exact) mass is 210 g/mol. The molecule has 0 aromatic heterocycles. The average molecular weight is 210 g/mol. The molecule has 2 atom stereocenters. The molecule has 2 aliphatic heterocycles. The Morgan fingerprint density at radius 3 is 2.27 bits per heavy atom. The minimum absolute atomic E-state index is 0.898. The average Bonchev–Trinajstić information content (AvgIpc) is 2.49. The molecule has 2 heterocycles. The Morgan fingerprint density at radius 1 is 1.07 bits per heavy atom. The van der Waals surface area contributed by atoms with E-state index in [2.05, 4.69) is 30.7 Å². The Kier molecular flexibility index (Phi) is 3.68. The van der Waals surface area contributed by atoms with E-state index in [0.717, 1.165) is 17.8 Å². The molecule has 2 fully saturated rings. The maximum absolute atomic E-state index is 2.69. The molecule has 2 nitrogen and oxygen atoms in total. The molecule has 0 bridgehead atoms. The zero-order valence-corrected chi connectivity index (χ0v) is 10.6. The molecule has 2 aliphatic rings. The van der Waals surface area contributed by atoms with Crippen LogP contribution in [-0.4, -0.2) is 49.6 Å². The van der Waals surface area contributed by atoms with E-state index in [4.69, 9.17) is 0 Å². The van der Waals surface area contributed by atoms with Gasteiger partial charge in [-0.2, -0.15) is 0 Å². The lowest BCUT2D eigenvalue weighted by Gasteiger charge is -2.32. The van der Waals surface area contributed by atoms with Crippen molar-refractivity contribution in [3.63, 3.8) is 0 Å². The van der Waals surface area contributed by atoms with Gasteiger partial charge in [0.15, 0.2) is 0 Å². The lowest BCUT2D eigenvalue weighted by atomic mass is 9.94. The quantitative estimate of drug-likeness (QED) is 0.687. The van der Waals surface area contributed by atoms with Gasteiger partial charge in [-0.3, -0.25) is 0 Å². The molecule has 0 radical (unpaired) electrons. The van der Waals surface area contributed by atoms with Crippen molar-refractivity contribution in [2.45, 2.75) is 26.7 Å². The van der Waals surface area contributed by atoms with Crippen molar-refractivity contribution in [3.05, 3.63) is 0 Å². The van der Waals surface area contributed by atoms with E-state index in [1.165, 1.54) is 45.6 Å². The lowest BCUT2D eigenvalue weighted by molar-refractivity contribution is 0.158. The van der Waals surface area contributed by atoms with Gasteiger partial charge in [0.05, 0.1) is 0 Å². The Balaban J connectivity index is 1.77. The zero-order valence-electron chi connectivity index (χ0n) is 10.6. The summed E-state index contributed by atoms with van der Waals surface area (Å²) in [7, 11) is 2.26. The summed E-state index contributed by atoms with van der Waals surface area (Å²) in [6, 6.07) is 0. The number of nitrogens with zero attached hydrogens (tertiary/aromatic N) is 2. The lowest BCUT2D eigenvalue weighted by Crippen LogP contribution is -2.38. The molecule has 88 valence electrons.